The number of nitrogens with zero attached hydrogens (tertiary/aromatic N) is 2. The number of hydrogen-bond donors (Lipinski definition) is 0. The van der Waals surface area contributed by atoms with Gasteiger partial charge in [0, 0.05) is 12.7 Å². The Morgan fingerprint density at radius 3 is 2.60 bits per heavy atom. The summed E-state index contributed by atoms with van der Waals surface area (Å²) in [5, 5.41) is 3.39. The van der Waals surface area contributed by atoms with Crippen molar-refractivity contribution in [1.29, 1.82) is 0 Å². The maximum Gasteiger partial charge on any atom is 0.435 e. The van der Waals surface area contributed by atoms with Crippen molar-refractivity contribution in [1.82, 2.24) is 9.78 Å². The summed E-state index contributed by atoms with van der Waals surface area (Å²) >= 11 is 0. The molecule has 0 aliphatic heterocycles. The lowest BCUT2D eigenvalue weighted by Gasteiger charge is -2.02. The van der Waals surface area contributed by atoms with Gasteiger partial charge in [-0.05, 0) is 18.8 Å². The maximum atomic E-state index is 12.4. The van der Waals surface area contributed by atoms with E-state index in [0.29, 0.717) is 12.5 Å². The van der Waals surface area contributed by atoms with E-state index < -0.39 is 11.9 Å². The van der Waals surface area contributed by atoms with Crippen LogP contribution in [0.2, 0.25) is 0 Å². The lowest BCUT2D eigenvalue weighted by molar-refractivity contribution is -0.141. The summed E-state index contributed by atoms with van der Waals surface area (Å²) in [4.78, 5) is 10.4. The van der Waals surface area contributed by atoms with Gasteiger partial charge in [-0.15, -0.1) is 0 Å². The lowest BCUT2D eigenvalue weighted by Crippen LogP contribution is -2.10. The van der Waals surface area contributed by atoms with Gasteiger partial charge in [-0.2, -0.15) is 18.3 Å². The van der Waals surface area contributed by atoms with Crippen LogP contribution in [0.4, 0.5) is 13.2 Å². The number of hydrogen-bond acceptors (Lipinski definition) is 2. The first-order chi connectivity index (χ1) is 7.00. The summed E-state index contributed by atoms with van der Waals surface area (Å²) in [6.07, 6.45) is -1.15. The minimum Gasteiger partial charge on any atom is -0.298 e. The van der Waals surface area contributed by atoms with Crippen molar-refractivity contribution in [3.63, 3.8) is 0 Å². The van der Waals surface area contributed by atoms with Crippen molar-refractivity contribution < 1.29 is 18.0 Å². The highest BCUT2D eigenvalue weighted by Gasteiger charge is 2.37. The van der Waals surface area contributed by atoms with E-state index in [1.54, 1.807) is 0 Å². The second-order valence-corrected chi connectivity index (χ2v) is 3.71. The smallest absolute Gasteiger partial charge is 0.298 e. The van der Waals surface area contributed by atoms with Crippen LogP contribution in [0.5, 0.6) is 0 Å². The topological polar surface area (TPSA) is 34.9 Å². The van der Waals surface area contributed by atoms with Gasteiger partial charge in [0.25, 0.3) is 0 Å². The predicted molar refractivity (Wildman–Crippen MR) is 45.3 cm³/mol. The second kappa shape index (κ2) is 3.36. The van der Waals surface area contributed by atoms with Crippen molar-refractivity contribution in [2.24, 2.45) is 5.92 Å². The largest absolute Gasteiger partial charge is 0.435 e. The Morgan fingerprint density at radius 2 is 2.20 bits per heavy atom. The van der Waals surface area contributed by atoms with Gasteiger partial charge in [0.2, 0.25) is 0 Å². The first kappa shape index (κ1) is 10.2. The Balaban J connectivity index is 2.27. The molecule has 0 saturated heterocycles. The number of halogens is 3. The number of rotatable bonds is 3. The molecule has 82 valence electrons. The van der Waals surface area contributed by atoms with Gasteiger partial charge in [0.05, 0.1) is 5.56 Å². The van der Waals surface area contributed by atoms with E-state index in [2.05, 4.69) is 5.10 Å². The zero-order valence-corrected chi connectivity index (χ0v) is 7.79. The first-order valence-electron chi connectivity index (χ1n) is 4.60. The summed E-state index contributed by atoms with van der Waals surface area (Å²) in [5.74, 6) is 0.422. The quantitative estimate of drug-likeness (QED) is 0.728. The third-order valence-electron chi connectivity index (χ3n) is 2.33. The Kier molecular flexibility index (Phi) is 2.28. The van der Waals surface area contributed by atoms with Crippen molar-refractivity contribution in [3.05, 3.63) is 17.5 Å². The van der Waals surface area contributed by atoms with E-state index in [1.165, 1.54) is 4.68 Å². The normalized spacial score (nSPS) is 16.7. The molecule has 0 aromatic carbocycles. The second-order valence-electron chi connectivity index (χ2n) is 3.71. The molecular formula is C9H9F3N2O. The van der Waals surface area contributed by atoms with E-state index >= 15 is 0 Å². The van der Waals surface area contributed by atoms with Gasteiger partial charge in [-0.1, -0.05) is 0 Å². The standard InChI is InChI=1S/C9H9F3N2O/c10-9(11,12)8-7(5-15)4-14(13-8)3-6-1-2-6/h4-6H,1-3H2. The van der Waals surface area contributed by atoms with Crippen LogP contribution in [0.15, 0.2) is 6.20 Å². The van der Waals surface area contributed by atoms with E-state index in [9.17, 15) is 18.0 Å². The van der Waals surface area contributed by atoms with Gasteiger partial charge < -0.3 is 0 Å². The Bertz CT molecular complexity index is 379. The highest BCUT2D eigenvalue weighted by Crippen LogP contribution is 2.33. The molecule has 1 aliphatic carbocycles. The summed E-state index contributed by atoms with van der Waals surface area (Å²) < 4.78 is 38.3. The summed E-state index contributed by atoms with van der Waals surface area (Å²) in [5.41, 5.74) is -1.47. The highest BCUT2D eigenvalue weighted by atomic mass is 19.4. The number of alkyl halides is 3. The number of carbonyl (C=O) groups excluding carboxylic acids is 1. The zero-order valence-electron chi connectivity index (χ0n) is 7.79. The number of aldehydes is 1. The van der Waals surface area contributed by atoms with Crippen molar-refractivity contribution >= 4 is 6.29 Å². The number of aromatic nitrogens is 2. The SMILES string of the molecule is O=Cc1cn(CC2CC2)nc1C(F)(F)F. The molecule has 0 bridgehead atoms. The molecule has 1 fully saturated rings. The van der Waals surface area contributed by atoms with Crippen molar-refractivity contribution in [2.45, 2.75) is 25.6 Å². The van der Waals surface area contributed by atoms with Gasteiger partial charge in [0.15, 0.2) is 12.0 Å². The van der Waals surface area contributed by atoms with Crippen LogP contribution in [0, 0.1) is 5.92 Å². The minimum atomic E-state index is -4.55. The molecule has 15 heavy (non-hydrogen) atoms. The molecule has 0 unspecified atom stereocenters. The maximum absolute atomic E-state index is 12.4. The Labute approximate surface area is 83.9 Å². The lowest BCUT2D eigenvalue weighted by atomic mass is 10.3. The fourth-order valence-electron chi connectivity index (χ4n) is 1.40. The van der Waals surface area contributed by atoms with E-state index in [4.69, 9.17) is 0 Å². The Hall–Kier alpha value is -1.33. The highest BCUT2D eigenvalue weighted by molar-refractivity contribution is 5.76. The summed E-state index contributed by atoms with van der Waals surface area (Å²) in [6.45, 7) is 0.469. The van der Waals surface area contributed by atoms with Crippen LogP contribution in [-0.2, 0) is 12.7 Å². The molecular weight excluding hydrogens is 209 g/mol. The van der Waals surface area contributed by atoms with Crippen LogP contribution in [-0.4, -0.2) is 16.1 Å². The molecule has 1 aromatic heterocycles. The minimum absolute atomic E-state index is 0.194. The van der Waals surface area contributed by atoms with Gasteiger partial charge in [-0.3, -0.25) is 9.48 Å². The molecule has 0 atom stereocenters. The van der Waals surface area contributed by atoms with Crippen molar-refractivity contribution in [3.8, 4) is 0 Å². The van der Waals surface area contributed by atoms with Crippen LogP contribution in [0.25, 0.3) is 0 Å². The molecule has 0 amide bonds. The van der Waals surface area contributed by atoms with Crippen molar-refractivity contribution in [2.75, 3.05) is 0 Å². The molecule has 0 spiro atoms. The fourth-order valence-corrected chi connectivity index (χ4v) is 1.40. The molecule has 0 radical (unpaired) electrons. The molecule has 1 aromatic rings. The first-order valence-corrected chi connectivity index (χ1v) is 4.60. The van der Waals surface area contributed by atoms with Gasteiger partial charge in [-0.25, -0.2) is 0 Å². The molecule has 6 heteroatoms. The van der Waals surface area contributed by atoms with E-state index in [-0.39, 0.29) is 11.8 Å². The molecule has 1 heterocycles. The molecule has 2 rings (SSSR count). The third kappa shape index (κ3) is 2.19. The molecule has 0 N–H and O–H groups in total. The zero-order chi connectivity index (χ0) is 11.1. The predicted octanol–water partition coefficient (Wildman–Crippen LogP) is 2.12. The fraction of sp³-hybridized carbons (Fsp3) is 0.556. The number of carbonyl (C=O) groups is 1. The summed E-state index contributed by atoms with van der Waals surface area (Å²) in [6, 6.07) is 0. The van der Waals surface area contributed by atoms with E-state index in [0.717, 1.165) is 19.0 Å². The molecule has 3 nitrogen and oxygen atoms in total. The van der Waals surface area contributed by atoms with Crippen LogP contribution in [0.3, 0.4) is 0 Å². The Morgan fingerprint density at radius 1 is 1.53 bits per heavy atom. The van der Waals surface area contributed by atoms with Gasteiger partial charge >= 0.3 is 6.18 Å². The monoisotopic (exact) mass is 218 g/mol. The van der Waals surface area contributed by atoms with Crippen LogP contribution in [0.1, 0.15) is 28.9 Å². The van der Waals surface area contributed by atoms with Gasteiger partial charge in [0.1, 0.15) is 0 Å². The average molecular weight is 218 g/mol. The third-order valence-corrected chi connectivity index (χ3v) is 2.33. The van der Waals surface area contributed by atoms with Crippen LogP contribution < -0.4 is 0 Å². The summed E-state index contributed by atoms with van der Waals surface area (Å²) in [7, 11) is 0. The molecule has 1 saturated carbocycles. The van der Waals surface area contributed by atoms with E-state index in [1.807, 2.05) is 0 Å². The average Bonchev–Trinajstić information content (AvgIpc) is 2.81. The van der Waals surface area contributed by atoms with Crippen LogP contribution >= 0.6 is 0 Å². The molecule has 1 aliphatic rings.